The third-order valence-electron chi connectivity index (χ3n) is 8.28. The van der Waals surface area contributed by atoms with E-state index in [1.807, 2.05) is 0 Å². The molecule has 0 nitrogen and oxygen atoms in total. The van der Waals surface area contributed by atoms with Gasteiger partial charge in [0.15, 0.2) is 0 Å². The standard InChI is InChI=1S/C21H38/c1-5-16-8-7-11-18(17-9-6-10-17)19(16)12-13-20(2,3)21(4)14-15-21/h16-19H,5-15H2,1-4H3. The molecule has 0 N–H and O–H groups in total. The Kier molecular flexibility index (Phi) is 4.46. The van der Waals surface area contributed by atoms with Crippen LogP contribution in [0, 0.1) is 34.5 Å². The van der Waals surface area contributed by atoms with Gasteiger partial charge < -0.3 is 0 Å². The Hall–Kier alpha value is 0. The summed E-state index contributed by atoms with van der Waals surface area (Å²) in [5, 5.41) is 0. The van der Waals surface area contributed by atoms with Gasteiger partial charge in [0, 0.05) is 0 Å². The van der Waals surface area contributed by atoms with Crippen molar-refractivity contribution >= 4 is 0 Å². The maximum Gasteiger partial charge on any atom is -0.0274 e. The van der Waals surface area contributed by atoms with Gasteiger partial charge in [-0.05, 0) is 66.6 Å². The molecule has 0 aromatic rings. The second-order valence-electron chi connectivity index (χ2n) is 9.60. The van der Waals surface area contributed by atoms with Crippen molar-refractivity contribution in [2.75, 3.05) is 0 Å². The van der Waals surface area contributed by atoms with Crippen LogP contribution >= 0.6 is 0 Å². The zero-order valence-corrected chi connectivity index (χ0v) is 15.1. The first kappa shape index (κ1) is 15.9. The zero-order valence-electron chi connectivity index (χ0n) is 15.1. The van der Waals surface area contributed by atoms with Gasteiger partial charge in [-0.3, -0.25) is 0 Å². The Morgan fingerprint density at radius 2 is 1.67 bits per heavy atom. The van der Waals surface area contributed by atoms with Crippen LogP contribution < -0.4 is 0 Å². The maximum absolute atomic E-state index is 2.56. The molecule has 3 atom stereocenters. The van der Waals surface area contributed by atoms with Gasteiger partial charge in [0.1, 0.15) is 0 Å². The summed E-state index contributed by atoms with van der Waals surface area (Å²) < 4.78 is 0. The van der Waals surface area contributed by atoms with Crippen molar-refractivity contribution in [1.82, 2.24) is 0 Å². The molecular weight excluding hydrogens is 252 g/mol. The summed E-state index contributed by atoms with van der Waals surface area (Å²) in [5.41, 5.74) is 1.25. The largest absolute Gasteiger partial charge is 0.0651 e. The highest BCUT2D eigenvalue weighted by Crippen LogP contribution is 2.61. The van der Waals surface area contributed by atoms with E-state index in [4.69, 9.17) is 0 Å². The topological polar surface area (TPSA) is 0 Å². The van der Waals surface area contributed by atoms with Gasteiger partial charge in [-0.15, -0.1) is 0 Å². The predicted molar refractivity (Wildman–Crippen MR) is 92.3 cm³/mol. The lowest BCUT2D eigenvalue weighted by Crippen LogP contribution is -2.37. The van der Waals surface area contributed by atoms with E-state index in [0.717, 1.165) is 23.7 Å². The van der Waals surface area contributed by atoms with E-state index >= 15 is 0 Å². The van der Waals surface area contributed by atoms with Crippen LogP contribution in [0.1, 0.15) is 98.3 Å². The summed E-state index contributed by atoms with van der Waals surface area (Å²) in [6.45, 7) is 10.1. The van der Waals surface area contributed by atoms with E-state index in [-0.39, 0.29) is 0 Å². The van der Waals surface area contributed by atoms with Gasteiger partial charge in [0.25, 0.3) is 0 Å². The molecule has 0 radical (unpaired) electrons. The highest BCUT2D eigenvalue weighted by molar-refractivity contribution is 5.00. The summed E-state index contributed by atoms with van der Waals surface area (Å²) in [6, 6.07) is 0. The summed E-state index contributed by atoms with van der Waals surface area (Å²) >= 11 is 0. The highest BCUT2D eigenvalue weighted by Gasteiger charge is 2.50. The van der Waals surface area contributed by atoms with Crippen LogP contribution in [0.5, 0.6) is 0 Å². The van der Waals surface area contributed by atoms with Gasteiger partial charge in [-0.2, -0.15) is 0 Å². The van der Waals surface area contributed by atoms with E-state index in [0.29, 0.717) is 10.8 Å². The van der Waals surface area contributed by atoms with Gasteiger partial charge in [0.2, 0.25) is 0 Å². The van der Waals surface area contributed by atoms with Gasteiger partial charge >= 0.3 is 0 Å². The number of rotatable bonds is 6. The molecule has 0 saturated heterocycles. The highest BCUT2D eigenvalue weighted by atomic mass is 14.5. The second kappa shape index (κ2) is 5.89. The van der Waals surface area contributed by atoms with E-state index in [1.165, 1.54) is 51.4 Å². The van der Waals surface area contributed by atoms with Crippen LogP contribution in [0.15, 0.2) is 0 Å². The normalized spacial score (nSPS) is 36.3. The third-order valence-corrected chi connectivity index (χ3v) is 8.28. The predicted octanol–water partition coefficient (Wildman–Crippen LogP) is 6.84. The molecule has 0 aliphatic heterocycles. The molecule has 3 saturated carbocycles. The zero-order chi connectivity index (χ0) is 15.1. The van der Waals surface area contributed by atoms with Crippen LogP contribution in [-0.4, -0.2) is 0 Å². The van der Waals surface area contributed by atoms with Crippen molar-refractivity contribution < 1.29 is 0 Å². The molecule has 0 aromatic heterocycles. The number of hydrogen-bond donors (Lipinski definition) is 0. The minimum absolute atomic E-state index is 0.576. The molecule has 0 amide bonds. The van der Waals surface area contributed by atoms with Crippen LogP contribution in [0.25, 0.3) is 0 Å². The quantitative estimate of drug-likeness (QED) is 0.502. The lowest BCUT2D eigenvalue weighted by molar-refractivity contribution is 0.0385. The fourth-order valence-electron chi connectivity index (χ4n) is 5.50. The van der Waals surface area contributed by atoms with Crippen LogP contribution in [0.4, 0.5) is 0 Å². The Morgan fingerprint density at radius 3 is 2.19 bits per heavy atom. The smallest absolute Gasteiger partial charge is 0.0274 e. The SMILES string of the molecule is CCC1CCCC(C2CCC2)C1CCC(C)(C)C1(C)CC1. The first-order valence-electron chi connectivity index (χ1n) is 9.97. The summed E-state index contributed by atoms with van der Waals surface area (Å²) in [7, 11) is 0. The minimum Gasteiger partial charge on any atom is -0.0651 e. The van der Waals surface area contributed by atoms with Gasteiger partial charge in [-0.25, -0.2) is 0 Å². The molecule has 122 valence electrons. The average Bonchev–Trinajstić information content (AvgIpc) is 3.15. The monoisotopic (exact) mass is 290 g/mol. The molecule has 3 fully saturated rings. The first-order chi connectivity index (χ1) is 9.97. The van der Waals surface area contributed by atoms with Crippen molar-refractivity contribution in [2.24, 2.45) is 34.5 Å². The lowest BCUT2D eigenvalue weighted by Gasteiger charge is -2.46. The Balaban J connectivity index is 1.63. The second-order valence-corrected chi connectivity index (χ2v) is 9.60. The van der Waals surface area contributed by atoms with Crippen LogP contribution in [0.3, 0.4) is 0 Å². The minimum atomic E-state index is 0.576. The van der Waals surface area contributed by atoms with Gasteiger partial charge in [-0.1, -0.05) is 66.2 Å². The third kappa shape index (κ3) is 3.06. The molecule has 0 heteroatoms. The summed E-state index contributed by atoms with van der Waals surface area (Å²) in [6.07, 6.45) is 16.7. The lowest BCUT2D eigenvalue weighted by atomic mass is 9.59. The Bertz CT molecular complexity index is 345. The molecule has 3 unspecified atom stereocenters. The molecule has 3 aliphatic carbocycles. The molecule has 21 heavy (non-hydrogen) atoms. The first-order valence-corrected chi connectivity index (χ1v) is 9.97. The molecular formula is C21H38. The summed E-state index contributed by atoms with van der Waals surface area (Å²) in [5.74, 6) is 4.33. The van der Waals surface area contributed by atoms with Crippen LogP contribution in [-0.2, 0) is 0 Å². The molecule has 0 spiro atoms. The molecule has 0 aromatic carbocycles. The van der Waals surface area contributed by atoms with Crippen molar-refractivity contribution in [1.29, 1.82) is 0 Å². The molecule has 0 heterocycles. The number of hydrogen-bond acceptors (Lipinski definition) is 0. The van der Waals surface area contributed by atoms with Crippen molar-refractivity contribution in [3.8, 4) is 0 Å². The van der Waals surface area contributed by atoms with Gasteiger partial charge in [0.05, 0.1) is 0 Å². The molecule has 0 bridgehead atoms. The van der Waals surface area contributed by atoms with Crippen LogP contribution in [0.2, 0.25) is 0 Å². The fourth-order valence-corrected chi connectivity index (χ4v) is 5.50. The molecule has 3 rings (SSSR count). The van der Waals surface area contributed by atoms with E-state index in [2.05, 4.69) is 27.7 Å². The maximum atomic E-state index is 2.56. The fraction of sp³-hybridized carbons (Fsp3) is 1.00. The van der Waals surface area contributed by atoms with Crippen molar-refractivity contribution in [2.45, 2.75) is 98.3 Å². The van der Waals surface area contributed by atoms with Crippen molar-refractivity contribution in [3.05, 3.63) is 0 Å². The summed E-state index contributed by atoms with van der Waals surface area (Å²) in [4.78, 5) is 0. The van der Waals surface area contributed by atoms with E-state index in [1.54, 1.807) is 19.3 Å². The Morgan fingerprint density at radius 1 is 1.00 bits per heavy atom. The van der Waals surface area contributed by atoms with E-state index < -0.39 is 0 Å². The Labute approximate surface area is 133 Å². The van der Waals surface area contributed by atoms with Crippen molar-refractivity contribution in [3.63, 3.8) is 0 Å². The molecule has 3 aliphatic rings. The average molecular weight is 291 g/mol. The van der Waals surface area contributed by atoms with E-state index in [9.17, 15) is 0 Å².